The molecule has 0 aliphatic carbocycles. The predicted molar refractivity (Wildman–Crippen MR) is 70.6 cm³/mol. The van der Waals surface area contributed by atoms with Crippen LogP contribution in [0, 0.1) is 20.2 Å². The molecule has 0 bridgehead atoms. The van der Waals surface area contributed by atoms with Crippen molar-refractivity contribution >= 4 is 17.1 Å². The molecular formula is C12H15N3O4. The zero-order chi connectivity index (χ0) is 14.0. The molecule has 7 nitrogen and oxygen atoms in total. The van der Waals surface area contributed by atoms with Crippen molar-refractivity contribution in [1.82, 2.24) is 0 Å². The second-order valence-electron chi connectivity index (χ2n) is 4.55. The molecule has 2 rings (SSSR count). The van der Waals surface area contributed by atoms with Crippen LogP contribution in [0.15, 0.2) is 12.1 Å². The zero-order valence-electron chi connectivity index (χ0n) is 10.7. The van der Waals surface area contributed by atoms with Crippen molar-refractivity contribution in [2.75, 3.05) is 18.0 Å². The second-order valence-corrected chi connectivity index (χ2v) is 4.55. The van der Waals surface area contributed by atoms with Gasteiger partial charge in [0.1, 0.15) is 5.69 Å². The van der Waals surface area contributed by atoms with Gasteiger partial charge in [0.05, 0.1) is 9.85 Å². The third-order valence-corrected chi connectivity index (χ3v) is 3.28. The summed E-state index contributed by atoms with van der Waals surface area (Å²) < 4.78 is 0. The summed E-state index contributed by atoms with van der Waals surface area (Å²) in [6.07, 6.45) is 2.50. The van der Waals surface area contributed by atoms with Gasteiger partial charge in [-0.3, -0.25) is 20.2 Å². The van der Waals surface area contributed by atoms with Gasteiger partial charge in [-0.15, -0.1) is 0 Å². The van der Waals surface area contributed by atoms with Crippen LogP contribution in [-0.4, -0.2) is 22.9 Å². The molecule has 0 aromatic heterocycles. The summed E-state index contributed by atoms with van der Waals surface area (Å²) in [5.74, 6) is 0. The van der Waals surface area contributed by atoms with E-state index >= 15 is 0 Å². The van der Waals surface area contributed by atoms with Crippen LogP contribution in [0.5, 0.6) is 0 Å². The Hall–Kier alpha value is -2.18. The summed E-state index contributed by atoms with van der Waals surface area (Å²) in [5, 5.41) is 22.2. The highest BCUT2D eigenvalue weighted by Gasteiger charge is 2.34. The summed E-state index contributed by atoms with van der Waals surface area (Å²) >= 11 is 0. The van der Waals surface area contributed by atoms with Crippen LogP contribution in [0.2, 0.25) is 0 Å². The molecule has 0 fully saturated rings. The van der Waals surface area contributed by atoms with E-state index in [1.54, 1.807) is 6.07 Å². The molecule has 0 saturated carbocycles. The number of nitro groups is 2. The van der Waals surface area contributed by atoms with E-state index in [0.29, 0.717) is 18.8 Å². The van der Waals surface area contributed by atoms with E-state index in [0.717, 1.165) is 24.8 Å². The van der Waals surface area contributed by atoms with Crippen molar-refractivity contribution in [2.24, 2.45) is 0 Å². The Morgan fingerprint density at radius 3 is 2.58 bits per heavy atom. The molecule has 0 unspecified atom stereocenters. The van der Waals surface area contributed by atoms with Gasteiger partial charge in [0.15, 0.2) is 0 Å². The summed E-state index contributed by atoms with van der Waals surface area (Å²) in [5.41, 5.74) is 0.478. The topological polar surface area (TPSA) is 89.5 Å². The van der Waals surface area contributed by atoms with Crippen LogP contribution in [-0.2, 0) is 6.42 Å². The fourth-order valence-electron chi connectivity index (χ4n) is 2.56. The van der Waals surface area contributed by atoms with Gasteiger partial charge in [0, 0.05) is 19.2 Å². The summed E-state index contributed by atoms with van der Waals surface area (Å²) in [6.45, 7) is 3.37. The number of hydrogen-bond acceptors (Lipinski definition) is 5. The number of anilines is 1. The van der Waals surface area contributed by atoms with Crippen LogP contribution in [0.25, 0.3) is 0 Å². The van der Waals surface area contributed by atoms with Gasteiger partial charge in [-0.1, -0.05) is 6.92 Å². The Bertz CT molecular complexity index is 530. The molecular weight excluding hydrogens is 250 g/mol. The van der Waals surface area contributed by atoms with E-state index in [4.69, 9.17) is 0 Å². The number of benzene rings is 1. The minimum absolute atomic E-state index is 0.365. The van der Waals surface area contributed by atoms with Crippen LogP contribution in [0.1, 0.15) is 25.3 Å². The summed E-state index contributed by atoms with van der Waals surface area (Å²) in [7, 11) is 0. The SMILES string of the molecule is CCCN1CCCc2ccc([N+](=O)[O-])c([N+](=O)[O-])c21. The number of nitro benzene ring substituents is 2. The Morgan fingerprint density at radius 2 is 2.00 bits per heavy atom. The lowest BCUT2D eigenvalue weighted by molar-refractivity contribution is -0.422. The first-order chi connectivity index (χ1) is 9.06. The van der Waals surface area contributed by atoms with Crippen LogP contribution < -0.4 is 4.90 Å². The highest BCUT2D eigenvalue weighted by molar-refractivity contribution is 5.77. The van der Waals surface area contributed by atoms with E-state index in [9.17, 15) is 20.2 Å². The third kappa shape index (κ3) is 2.35. The second kappa shape index (κ2) is 5.21. The third-order valence-electron chi connectivity index (χ3n) is 3.28. The van der Waals surface area contributed by atoms with E-state index < -0.39 is 15.5 Å². The molecule has 102 valence electrons. The quantitative estimate of drug-likeness (QED) is 0.616. The number of aryl methyl sites for hydroxylation is 1. The first kappa shape index (κ1) is 13.3. The maximum absolute atomic E-state index is 11.2. The first-order valence-corrected chi connectivity index (χ1v) is 6.25. The first-order valence-electron chi connectivity index (χ1n) is 6.25. The van der Waals surface area contributed by atoms with E-state index in [2.05, 4.69) is 0 Å². The minimum Gasteiger partial charge on any atom is -0.366 e. The molecule has 1 aromatic rings. The molecule has 1 heterocycles. The molecule has 19 heavy (non-hydrogen) atoms. The fourth-order valence-corrected chi connectivity index (χ4v) is 2.56. The fraction of sp³-hybridized carbons (Fsp3) is 0.500. The van der Waals surface area contributed by atoms with E-state index in [1.165, 1.54) is 6.07 Å². The Kier molecular flexibility index (Phi) is 3.64. The predicted octanol–water partition coefficient (Wildman–Crippen LogP) is 2.67. The Balaban J connectivity index is 2.64. The minimum atomic E-state index is -0.683. The van der Waals surface area contributed by atoms with Gasteiger partial charge < -0.3 is 4.90 Å². The van der Waals surface area contributed by atoms with Crippen molar-refractivity contribution in [3.63, 3.8) is 0 Å². The van der Waals surface area contributed by atoms with Crippen molar-refractivity contribution in [2.45, 2.75) is 26.2 Å². The van der Waals surface area contributed by atoms with Gasteiger partial charge in [0.25, 0.3) is 0 Å². The highest BCUT2D eigenvalue weighted by Crippen LogP contribution is 2.42. The lowest BCUT2D eigenvalue weighted by Gasteiger charge is -2.30. The largest absolute Gasteiger partial charge is 0.369 e. The molecule has 1 aliphatic heterocycles. The van der Waals surface area contributed by atoms with Gasteiger partial charge in [0.2, 0.25) is 0 Å². The van der Waals surface area contributed by atoms with Crippen molar-refractivity contribution in [3.8, 4) is 0 Å². The van der Waals surface area contributed by atoms with Gasteiger partial charge in [-0.25, -0.2) is 0 Å². The van der Waals surface area contributed by atoms with Gasteiger partial charge >= 0.3 is 11.4 Å². The Morgan fingerprint density at radius 1 is 1.26 bits per heavy atom. The number of nitrogens with zero attached hydrogens (tertiary/aromatic N) is 3. The zero-order valence-corrected chi connectivity index (χ0v) is 10.7. The molecule has 1 aliphatic rings. The van der Waals surface area contributed by atoms with E-state index in [-0.39, 0.29) is 5.69 Å². The lowest BCUT2D eigenvalue weighted by atomic mass is 9.99. The molecule has 7 heteroatoms. The standard InChI is InChI=1S/C12H15N3O4/c1-2-7-13-8-3-4-9-5-6-10(14(16)17)12(11(9)13)15(18)19/h5-6H,2-4,7-8H2,1H3. The van der Waals surface area contributed by atoms with Crippen molar-refractivity contribution in [3.05, 3.63) is 37.9 Å². The van der Waals surface area contributed by atoms with Crippen LogP contribution >= 0.6 is 0 Å². The Labute approximate surface area is 110 Å². The average Bonchev–Trinajstić information content (AvgIpc) is 2.37. The molecule has 0 amide bonds. The molecule has 0 spiro atoms. The molecule has 0 saturated heterocycles. The van der Waals surface area contributed by atoms with Crippen molar-refractivity contribution < 1.29 is 9.85 Å². The number of fused-ring (bicyclic) bond motifs is 1. The number of rotatable bonds is 4. The molecule has 0 N–H and O–H groups in total. The van der Waals surface area contributed by atoms with Crippen LogP contribution in [0.3, 0.4) is 0 Å². The maximum Gasteiger partial charge on any atom is 0.369 e. The number of hydrogen-bond donors (Lipinski definition) is 0. The summed E-state index contributed by atoms with van der Waals surface area (Å²) in [4.78, 5) is 22.8. The summed E-state index contributed by atoms with van der Waals surface area (Å²) in [6, 6.07) is 2.88. The smallest absolute Gasteiger partial charge is 0.366 e. The molecule has 1 aromatic carbocycles. The normalized spacial score (nSPS) is 14.1. The lowest BCUT2D eigenvalue weighted by Crippen LogP contribution is -2.31. The molecule has 0 atom stereocenters. The van der Waals surface area contributed by atoms with Gasteiger partial charge in [-0.2, -0.15) is 0 Å². The van der Waals surface area contributed by atoms with Crippen molar-refractivity contribution in [1.29, 1.82) is 0 Å². The van der Waals surface area contributed by atoms with Gasteiger partial charge in [-0.05, 0) is 30.9 Å². The molecule has 0 radical (unpaired) electrons. The average molecular weight is 265 g/mol. The maximum atomic E-state index is 11.2. The van der Waals surface area contributed by atoms with Crippen LogP contribution in [0.4, 0.5) is 17.1 Å². The van der Waals surface area contributed by atoms with E-state index in [1.807, 2.05) is 11.8 Å². The monoisotopic (exact) mass is 265 g/mol. The highest BCUT2D eigenvalue weighted by atomic mass is 16.6.